The molecule has 0 radical (unpaired) electrons. The van der Waals surface area contributed by atoms with Gasteiger partial charge in [-0.05, 0) is 36.4 Å². The molecule has 0 fully saturated rings. The number of hydrogen-bond donors (Lipinski definition) is 3. The Morgan fingerprint density at radius 1 is 1.52 bits per heavy atom. The SMILES string of the molecule is CCCc1nc(S/C(=C\c2cc(Br)cc(Cl)c2O)C(=O)O)n[nH]1. The molecule has 1 heterocycles. The summed E-state index contributed by atoms with van der Waals surface area (Å²) in [5, 5.41) is 26.5. The number of aliphatic carboxylic acids is 1. The van der Waals surface area contributed by atoms with Crippen molar-refractivity contribution in [3.63, 3.8) is 0 Å². The van der Waals surface area contributed by atoms with Crippen molar-refractivity contribution in [1.82, 2.24) is 15.2 Å². The van der Waals surface area contributed by atoms with Crippen LogP contribution in [-0.4, -0.2) is 31.4 Å². The second-order valence-electron chi connectivity index (χ2n) is 4.56. The Kier molecular flexibility index (Phi) is 6.09. The number of halogens is 2. The summed E-state index contributed by atoms with van der Waals surface area (Å²) in [5.41, 5.74) is 0.290. The summed E-state index contributed by atoms with van der Waals surface area (Å²) >= 11 is 10.0. The van der Waals surface area contributed by atoms with Gasteiger partial charge in [0, 0.05) is 16.5 Å². The van der Waals surface area contributed by atoms with Gasteiger partial charge in [-0.25, -0.2) is 9.78 Å². The van der Waals surface area contributed by atoms with Gasteiger partial charge in [-0.1, -0.05) is 34.5 Å². The van der Waals surface area contributed by atoms with Crippen LogP contribution in [0.25, 0.3) is 6.08 Å². The molecule has 0 aliphatic rings. The number of benzene rings is 1. The number of hydrogen-bond acceptors (Lipinski definition) is 5. The Morgan fingerprint density at radius 2 is 2.26 bits per heavy atom. The lowest BCUT2D eigenvalue weighted by atomic mass is 10.2. The zero-order valence-electron chi connectivity index (χ0n) is 12.0. The highest BCUT2D eigenvalue weighted by atomic mass is 79.9. The number of nitrogens with one attached hydrogen (secondary N) is 1. The first-order valence-electron chi connectivity index (χ1n) is 6.62. The molecule has 2 rings (SSSR count). The summed E-state index contributed by atoms with van der Waals surface area (Å²) in [5.74, 6) is -0.628. The van der Waals surface area contributed by atoms with Crippen molar-refractivity contribution in [2.75, 3.05) is 0 Å². The number of aryl methyl sites for hydroxylation is 1. The molecule has 122 valence electrons. The van der Waals surface area contributed by atoms with Crippen LogP contribution in [0.3, 0.4) is 0 Å². The van der Waals surface area contributed by atoms with E-state index >= 15 is 0 Å². The normalized spacial score (nSPS) is 11.7. The summed E-state index contributed by atoms with van der Waals surface area (Å²) in [4.78, 5) is 15.6. The maximum Gasteiger partial charge on any atom is 0.342 e. The molecule has 0 saturated heterocycles. The predicted molar refractivity (Wildman–Crippen MR) is 92.7 cm³/mol. The number of rotatable bonds is 6. The van der Waals surface area contributed by atoms with Crippen molar-refractivity contribution in [1.29, 1.82) is 0 Å². The summed E-state index contributed by atoms with van der Waals surface area (Å²) in [6, 6.07) is 3.10. The van der Waals surface area contributed by atoms with Crippen molar-refractivity contribution in [2.24, 2.45) is 0 Å². The first-order valence-corrected chi connectivity index (χ1v) is 8.61. The molecule has 0 saturated carbocycles. The maximum absolute atomic E-state index is 11.4. The molecule has 0 aliphatic heterocycles. The van der Waals surface area contributed by atoms with E-state index in [0.29, 0.717) is 21.0 Å². The average molecular weight is 419 g/mol. The zero-order valence-corrected chi connectivity index (χ0v) is 15.2. The molecule has 3 N–H and O–H groups in total. The van der Waals surface area contributed by atoms with Gasteiger partial charge in [0.25, 0.3) is 0 Å². The van der Waals surface area contributed by atoms with E-state index in [4.69, 9.17) is 11.6 Å². The molecule has 23 heavy (non-hydrogen) atoms. The fraction of sp³-hybridized carbons (Fsp3) is 0.214. The Labute approximate surface area is 150 Å². The molecule has 0 spiro atoms. The number of nitrogens with zero attached hydrogens (tertiary/aromatic N) is 2. The smallest absolute Gasteiger partial charge is 0.342 e. The molecule has 0 atom stereocenters. The Hall–Kier alpha value is -1.51. The lowest BCUT2D eigenvalue weighted by molar-refractivity contribution is -0.131. The van der Waals surface area contributed by atoms with E-state index in [1.54, 1.807) is 6.07 Å². The molecule has 1 aromatic heterocycles. The minimum Gasteiger partial charge on any atom is -0.506 e. The highest BCUT2D eigenvalue weighted by Gasteiger charge is 2.15. The van der Waals surface area contributed by atoms with Crippen LogP contribution in [0.15, 0.2) is 26.7 Å². The van der Waals surface area contributed by atoms with Gasteiger partial charge in [-0.15, -0.1) is 5.10 Å². The molecule has 9 heteroatoms. The van der Waals surface area contributed by atoms with Gasteiger partial charge in [0.15, 0.2) is 0 Å². The third kappa shape index (κ3) is 4.73. The number of phenolic OH excluding ortho intramolecular Hbond substituents is 1. The van der Waals surface area contributed by atoms with Crippen LogP contribution in [0.4, 0.5) is 0 Å². The lowest BCUT2D eigenvalue weighted by Gasteiger charge is -2.05. The molecule has 0 aliphatic carbocycles. The topological polar surface area (TPSA) is 99.1 Å². The number of carboxylic acids is 1. The molecular formula is C14H13BrClN3O3S. The van der Waals surface area contributed by atoms with E-state index in [0.717, 1.165) is 24.6 Å². The first-order chi connectivity index (χ1) is 10.9. The van der Waals surface area contributed by atoms with Crippen LogP contribution in [0, 0.1) is 0 Å². The molecule has 0 bridgehead atoms. The number of thioether (sulfide) groups is 1. The number of carboxylic acid groups (broad SMARTS) is 1. The van der Waals surface area contributed by atoms with E-state index < -0.39 is 5.97 Å². The van der Waals surface area contributed by atoms with Crippen molar-refractivity contribution in [2.45, 2.75) is 24.9 Å². The number of phenols is 1. The highest BCUT2D eigenvalue weighted by molar-refractivity contribution is 9.10. The molecule has 0 amide bonds. The van der Waals surface area contributed by atoms with Crippen LogP contribution in [0.2, 0.25) is 5.02 Å². The fourth-order valence-corrected chi connectivity index (χ4v) is 3.29. The largest absolute Gasteiger partial charge is 0.506 e. The second-order valence-corrected chi connectivity index (χ2v) is 6.89. The maximum atomic E-state index is 11.4. The zero-order chi connectivity index (χ0) is 17.0. The molecule has 0 unspecified atom stereocenters. The number of H-pyrrole nitrogens is 1. The third-order valence-electron chi connectivity index (χ3n) is 2.75. The minimum atomic E-state index is -1.15. The number of aromatic hydroxyl groups is 1. The quantitative estimate of drug-likeness (QED) is 0.482. The summed E-state index contributed by atoms with van der Waals surface area (Å²) in [7, 11) is 0. The molecule has 2 aromatic rings. The lowest BCUT2D eigenvalue weighted by Crippen LogP contribution is -1.97. The van der Waals surface area contributed by atoms with Crippen LogP contribution in [0.1, 0.15) is 24.7 Å². The van der Waals surface area contributed by atoms with Crippen LogP contribution in [0.5, 0.6) is 5.75 Å². The minimum absolute atomic E-state index is 0.0310. The van der Waals surface area contributed by atoms with Gasteiger partial charge in [0.2, 0.25) is 5.16 Å². The van der Waals surface area contributed by atoms with Crippen molar-refractivity contribution in [3.05, 3.63) is 37.9 Å². The van der Waals surface area contributed by atoms with Crippen LogP contribution >= 0.6 is 39.3 Å². The Morgan fingerprint density at radius 3 is 2.91 bits per heavy atom. The van der Waals surface area contributed by atoms with Gasteiger partial charge >= 0.3 is 5.97 Å². The highest BCUT2D eigenvalue weighted by Crippen LogP contribution is 2.35. The van der Waals surface area contributed by atoms with Crippen molar-refractivity contribution < 1.29 is 15.0 Å². The van der Waals surface area contributed by atoms with Crippen LogP contribution < -0.4 is 0 Å². The van der Waals surface area contributed by atoms with Crippen molar-refractivity contribution >= 4 is 51.3 Å². The summed E-state index contributed by atoms with van der Waals surface area (Å²) < 4.78 is 0.629. The standard InChI is InChI=1S/C14H13BrClN3O3S/c1-2-3-11-17-14(19-18-11)23-10(13(21)22)5-7-4-8(15)6-9(16)12(7)20/h4-6,20H,2-3H2,1H3,(H,21,22)(H,17,18,19)/b10-5-. The van der Waals surface area contributed by atoms with E-state index in [1.165, 1.54) is 12.1 Å². The Balaban J connectivity index is 2.32. The third-order valence-corrected chi connectivity index (χ3v) is 4.38. The predicted octanol–water partition coefficient (Wildman–Crippen LogP) is 4.10. The van der Waals surface area contributed by atoms with Crippen LogP contribution in [-0.2, 0) is 11.2 Å². The second kappa shape index (κ2) is 7.85. The van der Waals surface area contributed by atoms with E-state index in [9.17, 15) is 15.0 Å². The molecule has 1 aromatic carbocycles. The van der Waals surface area contributed by atoms with E-state index in [2.05, 4.69) is 31.1 Å². The number of aromatic nitrogens is 3. The average Bonchev–Trinajstić information content (AvgIpc) is 2.91. The van der Waals surface area contributed by atoms with E-state index in [1.807, 2.05) is 6.92 Å². The summed E-state index contributed by atoms with van der Waals surface area (Å²) in [6.07, 6.45) is 2.97. The van der Waals surface area contributed by atoms with Gasteiger partial charge in [0.05, 0.1) is 5.02 Å². The van der Waals surface area contributed by atoms with Gasteiger partial charge in [0.1, 0.15) is 16.5 Å². The molecular weight excluding hydrogens is 406 g/mol. The summed E-state index contributed by atoms with van der Waals surface area (Å²) in [6.45, 7) is 2.01. The molecule has 6 nitrogen and oxygen atoms in total. The van der Waals surface area contributed by atoms with Gasteiger partial charge < -0.3 is 10.2 Å². The Bertz CT molecular complexity index is 764. The van der Waals surface area contributed by atoms with Gasteiger partial charge in [-0.3, -0.25) is 5.10 Å². The monoisotopic (exact) mass is 417 g/mol. The number of carbonyl (C=O) groups is 1. The van der Waals surface area contributed by atoms with E-state index in [-0.39, 0.29) is 15.7 Å². The number of aromatic amines is 1. The van der Waals surface area contributed by atoms with Gasteiger partial charge in [-0.2, -0.15) is 0 Å². The first kappa shape index (κ1) is 17.8. The fourth-order valence-electron chi connectivity index (χ4n) is 1.74. The van der Waals surface area contributed by atoms with Crippen molar-refractivity contribution in [3.8, 4) is 5.75 Å².